The minimum absolute atomic E-state index is 0.0688. The molecular weight excluding hydrogens is 546 g/mol. The van der Waals surface area contributed by atoms with Crippen molar-refractivity contribution in [2.75, 3.05) is 26.2 Å². The summed E-state index contributed by atoms with van der Waals surface area (Å²) in [6, 6.07) is -1.90. The Morgan fingerprint density at radius 2 is 1.98 bits per heavy atom. The summed E-state index contributed by atoms with van der Waals surface area (Å²) in [5, 5.41) is 38.7. The maximum absolute atomic E-state index is 12.7. The lowest BCUT2D eigenvalue weighted by Crippen LogP contribution is -2.67. The molecule has 0 bridgehead atoms. The molecule has 3 unspecified atom stereocenters. The zero-order valence-electron chi connectivity index (χ0n) is 25.0. The van der Waals surface area contributed by atoms with Crippen molar-refractivity contribution in [3.8, 4) is 0 Å². The number of aliphatic hydroxyl groups excluding tert-OH is 2. The third kappa shape index (κ3) is 8.40. The van der Waals surface area contributed by atoms with Gasteiger partial charge in [0.2, 0.25) is 12.2 Å². The monoisotopic (exact) mass is 599 g/mol. The third-order valence-corrected chi connectivity index (χ3v) is 9.29. The Kier molecular flexibility index (Phi) is 12.0. The molecule has 11 atom stereocenters. The van der Waals surface area contributed by atoms with Gasteiger partial charge in [-0.1, -0.05) is 19.8 Å². The molecule has 0 radical (unpaired) electrons. The highest BCUT2D eigenvalue weighted by atomic mass is 16.7. The van der Waals surface area contributed by atoms with Crippen LogP contribution in [0.25, 0.3) is 0 Å². The molecule has 2 heterocycles. The van der Waals surface area contributed by atoms with Crippen molar-refractivity contribution in [2.45, 2.75) is 126 Å². The number of carbonyl (C=O) groups is 1. The molecule has 11 N–H and O–H groups in total. The van der Waals surface area contributed by atoms with Gasteiger partial charge in [0, 0.05) is 12.5 Å². The lowest BCUT2D eigenvalue weighted by molar-refractivity contribution is -0.281. The maximum atomic E-state index is 12.7. The molecule has 2 aliphatic carbocycles. The Labute approximate surface area is 248 Å². The first-order valence-corrected chi connectivity index (χ1v) is 15.6. The lowest BCUT2D eigenvalue weighted by Gasteiger charge is -2.47. The van der Waals surface area contributed by atoms with E-state index in [1.165, 1.54) is 19.3 Å². The lowest BCUT2D eigenvalue weighted by atomic mass is 9.82. The molecule has 42 heavy (non-hydrogen) atoms. The fourth-order valence-electron chi connectivity index (χ4n) is 6.27. The van der Waals surface area contributed by atoms with Crippen LogP contribution in [0, 0.1) is 11.8 Å². The summed E-state index contributed by atoms with van der Waals surface area (Å²) in [6.45, 7) is 5.43. The molecule has 13 nitrogen and oxygen atoms in total. The van der Waals surface area contributed by atoms with Crippen LogP contribution in [0.5, 0.6) is 0 Å². The summed E-state index contributed by atoms with van der Waals surface area (Å²) in [5.74, 6) is 0.744. The van der Waals surface area contributed by atoms with Gasteiger partial charge < -0.3 is 62.1 Å². The van der Waals surface area contributed by atoms with Gasteiger partial charge >= 0.3 is 0 Å². The quantitative estimate of drug-likeness (QED) is 0.127. The minimum Gasteiger partial charge on any atom is -0.467 e. The van der Waals surface area contributed by atoms with Crippen molar-refractivity contribution in [1.29, 1.82) is 0 Å². The van der Waals surface area contributed by atoms with Crippen molar-refractivity contribution < 1.29 is 39.1 Å². The number of amides is 1. The van der Waals surface area contributed by atoms with Gasteiger partial charge in [-0.2, -0.15) is 0 Å². The predicted octanol–water partition coefficient (Wildman–Crippen LogP) is -1.09. The molecule has 0 aromatic rings. The van der Waals surface area contributed by atoms with E-state index in [2.05, 4.69) is 10.6 Å². The largest absolute Gasteiger partial charge is 0.467 e. The number of hydrogen-bond acceptors (Lipinski definition) is 12. The normalized spacial score (nSPS) is 40.0. The van der Waals surface area contributed by atoms with E-state index in [1.54, 1.807) is 6.92 Å². The predicted molar refractivity (Wildman–Crippen MR) is 154 cm³/mol. The SMILES string of the molecule is CC[C@@H]1CC(O[C@H]2C(NC(=O)[C@@H](O)CCN)CC(N)[C@@H](O[C@H]3OC(CNCC4CCC4)=CC[C@H]3N)[C@@H]2O)OC[C@]1(C)O. The molecule has 0 aromatic carbocycles. The smallest absolute Gasteiger partial charge is 0.249 e. The summed E-state index contributed by atoms with van der Waals surface area (Å²) in [7, 11) is 0. The van der Waals surface area contributed by atoms with Crippen molar-refractivity contribution in [1.82, 2.24) is 10.6 Å². The maximum Gasteiger partial charge on any atom is 0.249 e. The molecule has 242 valence electrons. The molecule has 2 saturated carbocycles. The summed E-state index contributed by atoms with van der Waals surface area (Å²) in [5.41, 5.74) is 17.4. The highest BCUT2D eigenvalue weighted by molar-refractivity contribution is 5.80. The third-order valence-electron chi connectivity index (χ3n) is 9.29. The Balaban J connectivity index is 1.43. The molecule has 1 saturated heterocycles. The van der Waals surface area contributed by atoms with E-state index in [1.807, 2.05) is 13.0 Å². The first-order chi connectivity index (χ1) is 20.0. The Hall–Kier alpha value is -1.39. The molecule has 13 heteroatoms. The van der Waals surface area contributed by atoms with Crippen LogP contribution in [-0.4, -0.2) is 108 Å². The first-order valence-electron chi connectivity index (χ1n) is 15.6. The summed E-state index contributed by atoms with van der Waals surface area (Å²) >= 11 is 0. The number of aliphatic hydroxyl groups is 3. The van der Waals surface area contributed by atoms with Crippen LogP contribution in [0.3, 0.4) is 0 Å². The van der Waals surface area contributed by atoms with Gasteiger partial charge in [0.05, 0.1) is 30.8 Å². The number of carbonyl (C=O) groups excluding carboxylic acids is 1. The number of nitrogens with one attached hydrogen (secondary N) is 2. The number of hydrogen-bond donors (Lipinski definition) is 8. The van der Waals surface area contributed by atoms with Crippen LogP contribution < -0.4 is 27.8 Å². The van der Waals surface area contributed by atoms with Gasteiger partial charge in [-0.05, 0) is 70.0 Å². The number of ether oxygens (including phenoxy) is 4. The van der Waals surface area contributed by atoms with Crippen LogP contribution in [-0.2, 0) is 23.7 Å². The van der Waals surface area contributed by atoms with E-state index >= 15 is 0 Å². The average Bonchev–Trinajstić information content (AvgIpc) is 2.92. The summed E-state index contributed by atoms with van der Waals surface area (Å²) in [6.07, 6.45) is 1.67. The van der Waals surface area contributed by atoms with Crippen LogP contribution in [0.2, 0.25) is 0 Å². The van der Waals surface area contributed by atoms with Gasteiger partial charge in [-0.25, -0.2) is 0 Å². The van der Waals surface area contributed by atoms with Crippen molar-refractivity contribution in [3.63, 3.8) is 0 Å². The van der Waals surface area contributed by atoms with E-state index in [9.17, 15) is 20.1 Å². The Morgan fingerprint density at radius 1 is 1.21 bits per heavy atom. The molecule has 2 aliphatic heterocycles. The number of rotatable bonds is 13. The van der Waals surface area contributed by atoms with Gasteiger partial charge in [0.15, 0.2) is 6.29 Å². The van der Waals surface area contributed by atoms with Crippen LogP contribution in [0.4, 0.5) is 0 Å². The zero-order chi connectivity index (χ0) is 30.4. The molecule has 1 amide bonds. The zero-order valence-corrected chi connectivity index (χ0v) is 25.0. The van der Waals surface area contributed by atoms with E-state index < -0.39 is 66.6 Å². The van der Waals surface area contributed by atoms with Gasteiger partial charge in [0.25, 0.3) is 0 Å². The van der Waals surface area contributed by atoms with Gasteiger partial charge in [0.1, 0.15) is 30.2 Å². The highest BCUT2D eigenvalue weighted by Gasteiger charge is 2.49. The van der Waals surface area contributed by atoms with Crippen LogP contribution >= 0.6 is 0 Å². The standard InChI is InChI=1S/C29H53N5O8/c1-3-17-11-23(39-15-29(17,2)38)41-26-21(34-27(37)22(35)9-10-30)12-20(32)25(24(26)36)42-28-19(31)8-7-18(40-28)14-33-13-16-5-4-6-16/h7,16-17,19-26,28,33,35-36,38H,3-6,8-15,30-32H2,1-2H3,(H,34,37)/t17-,19-,20?,21?,22+,23?,24+,25-,26+,28-,29+/m1/s1. The fourth-order valence-corrected chi connectivity index (χ4v) is 6.27. The Bertz CT molecular complexity index is 905. The topological polar surface area (TPSA) is 217 Å². The van der Waals surface area contributed by atoms with Crippen LogP contribution in [0.15, 0.2) is 11.8 Å². The van der Waals surface area contributed by atoms with E-state index in [4.69, 9.17) is 36.1 Å². The van der Waals surface area contributed by atoms with Crippen molar-refractivity contribution >= 4 is 5.91 Å². The average molecular weight is 600 g/mol. The first kappa shape index (κ1) is 33.5. The minimum atomic E-state index is -1.31. The molecule has 0 aromatic heterocycles. The second-order valence-corrected chi connectivity index (χ2v) is 12.7. The van der Waals surface area contributed by atoms with Gasteiger partial charge in [-0.15, -0.1) is 0 Å². The molecule has 0 spiro atoms. The van der Waals surface area contributed by atoms with E-state index in [0.717, 1.165) is 12.3 Å². The molecule has 4 aliphatic rings. The fraction of sp³-hybridized carbons (Fsp3) is 0.897. The van der Waals surface area contributed by atoms with Crippen molar-refractivity contribution in [3.05, 3.63) is 11.8 Å². The van der Waals surface area contributed by atoms with Crippen molar-refractivity contribution in [2.24, 2.45) is 29.0 Å². The van der Waals surface area contributed by atoms with E-state index in [-0.39, 0.29) is 31.9 Å². The second-order valence-electron chi connectivity index (χ2n) is 12.7. The number of nitrogens with two attached hydrogens (primary N) is 3. The van der Waals surface area contributed by atoms with Gasteiger partial charge in [-0.3, -0.25) is 4.79 Å². The second kappa shape index (κ2) is 15.1. The van der Waals surface area contributed by atoms with Crippen LogP contribution in [0.1, 0.15) is 65.2 Å². The molecule has 3 fully saturated rings. The van der Waals surface area contributed by atoms with E-state index in [0.29, 0.717) is 31.7 Å². The summed E-state index contributed by atoms with van der Waals surface area (Å²) in [4.78, 5) is 12.7. The molecule has 4 rings (SSSR count). The highest BCUT2D eigenvalue weighted by Crippen LogP contribution is 2.35. The summed E-state index contributed by atoms with van der Waals surface area (Å²) < 4.78 is 24.5. The Morgan fingerprint density at radius 3 is 2.64 bits per heavy atom. The molecular formula is C29H53N5O8.